The number of hydrogen-bond donors (Lipinski definition) is 0. The number of rotatable bonds is 5. The van der Waals surface area contributed by atoms with E-state index in [0.29, 0.717) is 5.56 Å². The van der Waals surface area contributed by atoms with Gasteiger partial charge in [0, 0.05) is 11.4 Å². The van der Waals surface area contributed by atoms with Gasteiger partial charge in [0.2, 0.25) is 4.46 Å². The number of hydrogen-bond acceptors (Lipinski definition) is 2. The van der Waals surface area contributed by atoms with Crippen LogP contribution < -0.4 is 0 Å². The Bertz CT molecular complexity index is 388. The molecule has 6 heteroatoms. The van der Waals surface area contributed by atoms with Crippen molar-refractivity contribution in [2.45, 2.75) is 16.9 Å². The van der Waals surface area contributed by atoms with Gasteiger partial charge in [-0.3, -0.25) is 0 Å². The van der Waals surface area contributed by atoms with Crippen molar-refractivity contribution < 1.29 is 0 Å². The Hall–Kier alpha value is -0.170. The molecule has 1 aromatic carbocycles. The van der Waals surface area contributed by atoms with E-state index in [9.17, 15) is 0 Å². The van der Waals surface area contributed by atoms with Gasteiger partial charge >= 0.3 is 0 Å². The van der Waals surface area contributed by atoms with Crippen molar-refractivity contribution in [1.29, 1.82) is 5.26 Å². The highest BCUT2D eigenvalue weighted by molar-refractivity contribution is 6.49. The van der Waals surface area contributed by atoms with Crippen LogP contribution in [-0.4, -0.2) is 16.3 Å². The molecule has 1 aromatic rings. The second kappa shape index (κ2) is 6.68. The van der Waals surface area contributed by atoms with Crippen LogP contribution in [0.15, 0.2) is 30.3 Å². The predicted octanol–water partition coefficient (Wildman–Crippen LogP) is 4.25. The van der Waals surface area contributed by atoms with Crippen LogP contribution in [0.1, 0.15) is 12.0 Å². The second-order valence-corrected chi connectivity index (χ2v) is 5.35. The van der Waals surface area contributed by atoms with Crippen molar-refractivity contribution in [2.24, 2.45) is 0 Å². The summed E-state index contributed by atoms with van der Waals surface area (Å²) < 4.78 is -0.235. The molecule has 0 aliphatic heterocycles. The normalized spacial score (nSPS) is 13.4. The lowest BCUT2D eigenvalue weighted by Crippen LogP contribution is -2.39. The fourth-order valence-electron chi connectivity index (χ4n) is 1.29. The third-order valence-electron chi connectivity index (χ3n) is 2.22. The highest BCUT2D eigenvalue weighted by Crippen LogP contribution is 2.41. The Morgan fingerprint density at radius 3 is 2.35 bits per heavy atom. The zero-order valence-electron chi connectivity index (χ0n) is 8.78. The van der Waals surface area contributed by atoms with Crippen molar-refractivity contribution >= 4 is 46.6 Å². The summed E-state index contributed by atoms with van der Waals surface area (Å²) in [5.41, 5.74) is 0.631. The van der Waals surface area contributed by atoms with Gasteiger partial charge in [-0.2, -0.15) is 9.68 Å². The van der Waals surface area contributed by atoms with Gasteiger partial charge in [-0.15, -0.1) is 11.6 Å². The summed E-state index contributed by atoms with van der Waals surface area (Å²) in [5, 5.41) is 8.67. The molecule has 1 unspecified atom stereocenters. The first-order valence-electron chi connectivity index (χ1n) is 4.85. The maximum absolute atomic E-state index is 8.67. The van der Waals surface area contributed by atoms with Crippen molar-refractivity contribution in [2.75, 3.05) is 5.88 Å². The summed E-state index contributed by atoms with van der Waals surface area (Å²) in [5.74, 6) is 0.172. The van der Waals surface area contributed by atoms with Gasteiger partial charge in [0.15, 0.2) is 0 Å². The van der Waals surface area contributed by atoms with E-state index in [2.05, 4.69) is 0 Å². The highest BCUT2D eigenvalue weighted by atomic mass is 35.5. The molecule has 0 aliphatic rings. The Morgan fingerprint density at radius 1 is 1.29 bits per heavy atom. The molecule has 0 aromatic heterocycles. The van der Waals surface area contributed by atoms with E-state index in [0.717, 1.165) is 0 Å². The molecule has 0 fully saturated rings. The summed E-state index contributed by atoms with van der Waals surface area (Å²) >= 11 is 24.3. The molecule has 17 heavy (non-hydrogen) atoms. The van der Waals surface area contributed by atoms with E-state index >= 15 is 0 Å². The fraction of sp³-hybridized carbons (Fsp3) is 0.364. The number of alkyl halides is 3. The Balaban J connectivity index is 2.93. The number of nitriles is 1. The maximum atomic E-state index is 8.67. The summed E-state index contributed by atoms with van der Waals surface area (Å²) in [6.07, 6.45) is 0.154. The minimum Gasteiger partial charge on any atom is -0.198 e. The van der Waals surface area contributed by atoms with Crippen molar-refractivity contribution in [1.82, 2.24) is 4.42 Å². The second-order valence-electron chi connectivity index (χ2n) is 3.39. The van der Waals surface area contributed by atoms with Crippen LogP contribution >= 0.6 is 46.6 Å². The lowest BCUT2D eigenvalue weighted by molar-refractivity contribution is 0.315. The zero-order chi connectivity index (χ0) is 12.9. The van der Waals surface area contributed by atoms with Gasteiger partial charge in [-0.25, -0.2) is 0 Å². The van der Waals surface area contributed by atoms with Crippen LogP contribution in [0.4, 0.5) is 0 Å². The largest absolute Gasteiger partial charge is 0.210 e. The van der Waals surface area contributed by atoms with E-state index in [4.69, 9.17) is 51.8 Å². The fourth-order valence-corrected chi connectivity index (χ4v) is 2.37. The summed E-state index contributed by atoms with van der Waals surface area (Å²) in [7, 11) is 0. The smallest absolute Gasteiger partial charge is 0.198 e. The molecule has 1 rings (SSSR count). The monoisotopic (exact) mass is 310 g/mol. The van der Waals surface area contributed by atoms with E-state index in [1.165, 1.54) is 4.42 Å². The van der Waals surface area contributed by atoms with E-state index in [-0.39, 0.29) is 12.3 Å². The first kappa shape index (κ1) is 14.9. The van der Waals surface area contributed by atoms with Crippen molar-refractivity contribution in [3.8, 4) is 6.07 Å². The highest BCUT2D eigenvalue weighted by Gasteiger charge is 2.37. The van der Waals surface area contributed by atoms with E-state index < -0.39 is 10.5 Å². The molecule has 0 saturated carbocycles. The lowest BCUT2D eigenvalue weighted by Gasteiger charge is -2.33. The van der Waals surface area contributed by atoms with Gasteiger partial charge in [0.05, 0.1) is 18.5 Å². The first-order chi connectivity index (χ1) is 8.04. The van der Waals surface area contributed by atoms with Crippen LogP contribution in [0.5, 0.6) is 0 Å². The molecule has 0 radical (unpaired) electrons. The van der Waals surface area contributed by atoms with Gasteiger partial charge in [0.1, 0.15) is 0 Å². The molecule has 2 nitrogen and oxygen atoms in total. The van der Waals surface area contributed by atoms with Crippen molar-refractivity contribution in [3.63, 3.8) is 0 Å². The van der Waals surface area contributed by atoms with Crippen molar-refractivity contribution in [3.05, 3.63) is 35.9 Å². The molecule has 0 bridgehead atoms. The van der Waals surface area contributed by atoms with Gasteiger partial charge in [-0.1, -0.05) is 53.5 Å². The SMILES string of the molecule is N#CCC(CCl)N(Cl)C(Cl)(Cl)c1ccccc1. The third-order valence-corrected chi connectivity index (χ3v) is 4.07. The van der Waals surface area contributed by atoms with E-state index in [1.54, 1.807) is 24.3 Å². The zero-order valence-corrected chi connectivity index (χ0v) is 11.8. The molecule has 0 N–H and O–H groups in total. The summed E-state index contributed by atoms with van der Waals surface area (Å²) in [6.45, 7) is 0. The van der Waals surface area contributed by atoms with Crippen LogP contribution in [0, 0.1) is 11.3 Å². The molecule has 1 atom stereocenters. The topological polar surface area (TPSA) is 27.0 Å². The summed E-state index contributed by atoms with van der Waals surface area (Å²) in [6, 6.07) is 10.5. The quantitative estimate of drug-likeness (QED) is 0.462. The molecule has 0 amide bonds. The predicted molar refractivity (Wildman–Crippen MR) is 72.3 cm³/mol. The standard InChI is InChI=1S/C11H10Cl4N2/c12-8-10(6-7-16)17(15)11(13,14)9-4-2-1-3-5-9/h1-5,10H,6,8H2. The van der Waals surface area contributed by atoms with Gasteiger partial charge in [-0.05, 0) is 11.8 Å². The van der Waals surface area contributed by atoms with E-state index in [1.807, 2.05) is 12.1 Å². The maximum Gasteiger partial charge on any atom is 0.210 e. The number of halogens is 4. The molecular formula is C11H10Cl4N2. The average Bonchev–Trinajstić information content (AvgIpc) is 2.36. The van der Waals surface area contributed by atoms with Crippen LogP contribution in [0.25, 0.3) is 0 Å². The molecular weight excluding hydrogens is 302 g/mol. The molecule has 92 valence electrons. The Labute approximate surface area is 121 Å². The van der Waals surface area contributed by atoms with Gasteiger partial charge in [0.25, 0.3) is 0 Å². The van der Waals surface area contributed by atoms with Crippen LogP contribution in [0.3, 0.4) is 0 Å². The lowest BCUT2D eigenvalue weighted by atomic mass is 10.2. The Morgan fingerprint density at radius 2 is 1.88 bits per heavy atom. The average molecular weight is 312 g/mol. The molecule has 0 heterocycles. The third kappa shape index (κ3) is 3.64. The number of benzene rings is 1. The summed E-state index contributed by atoms with van der Waals surface area (Å²) in [4.78, 5) is 0. The minimum atomic E-state index is -1.42. The molecule has 0 spiro atoms. The first-order valence-corrected chi connectivity index (χ1v) is 6.48. The Kier molecular flexibility index (Phi) is 5.85. The van der Waals surface area contributed by atoms with Gasteiger partial charge < -0.3 is 0 Å². The number of nitrogens with zero attached hydrogens (tertiary/aromatic N) is 2. The van der Waals surface area contributed by atoms with Crippen LogP contribution in [0.2, 0.25) is 0 Å². The minimum absolute atomic E-state index is 0.154. The van der Waals surface area contributed by atoms with Crippen LogP contribution in [-0.2, 0) is 4.46 Å². The molecule has 0 saturated heterocycles. The molecule has 0 aliphatic carbocycles.